The molecule has 0 saturated heterocycles. The topological polar surface area (TPSA) is 79.9 Å². The minimum absolute atomic E-state index is 0.0600. The highest BCUT2D eigenvalue weighted by molar-refractivity contribution is 5.92. The molecule has 1 aromatic carbocycles. The largest absolute Gasteiger partial charge is 0.480 e. The number of amides is 1. The first-order chi connectivity index (χ1) is 10.4. The number of hydrogen-bond acceptors (Lipinski definition) is 4. The Morgan fingerprint density at radius 3 is 2.82 bits per heavy atom. The van der Waals surface area contributed by atoms with Crippen LogP contribution in [0.1, 0.15) is 5.56 Å². The zero-order valence-corrected chi connectivity index (χ0v) is 11.1. The second-order valence-corrected chi connectivity index (χ2v) is 4.84. The van der Waals surface area contributed by atoms with Gasteiger partial charge in [0.2, 0.25) is 12.0 Å². The van der Waals surface area contributed by atoms with E-state index in [1.54, 1.807) is 18.2 Å². The van der Waals surface area contributed by atoms with Gasteiger partial charge in [0.05, 0.1) is 12.1 Å². The minimum atomic E-state index is -4.65. The molecule has 0 fully saturated rings. The summed E-state index contributed by atoms with van der Waals surface area (Å²) >= 11 is 0. The van der Waals surface area contributed by atoms with E-state index in [1.165, 1.54) is 12.3 Å². The molecule has 2 heterocycles. The number of nitrogens with zero attached hydrogens (tertiary/aromatic N) is 2. The van der Waals surface area contributed by atoms with Gasteiger partial charge in [0.25, 0.3) is 0 Å². The molecule has 1 amide bonds. The van der Waals surface area contributed by atoms with Crippen LogP contribution in [0.5, 0.6) is 5.75 Å². The van der Waals surface area contributed by atoms with Gasteiger partial charge in [-0.25, -0.2) is 0 Å². The van der Waals surface area contributed by atoms with Crippen molar-refractivity contribution in [3.8, 4) is 5.75 Å². The maximum absolute atomic E-state index is 13.2. The number of alkyl halides is 3. The van der Waals surface area contributed by atoms with Gasteiger partial charge in [0.15, 0.2) is 5.82 Å². The fourth-order valence-corrected chi connectivity index (χ4v) is 2.36. The number of ether oxygens (including phenoxy) is 1. The summed E-state index contributed by atoms with van der Waals surface area (Å²) in [6.07, 6.45) is -5.71. The number of aromatic amines is 1. The van der Waals surface area contributed by atoms with E-state index in [0.29, 0.717) is 5.56 Å². The Morgan fingerprint density at radius 1 is 1.36 bits per heavy atom. The number of para-hydroxylation sites is 1. The van der Waals surface area contributed by atoms with Crippen molar-refractivity contribution < 1.29 is 22.7 Å². The van der Waals surface area contributed by atoms with Crippen molar-refractivity contribution in [2.75, 3.05) is 5.32 Å². The molecule has 0 unspecified atom stereocenters. The van der Waals surface area contributed by atoms with E-state index in [1.807, 2.05) is 0 Å². The fraction of sp³-hybridized carbons (Fsp3) is 0.308. The second kappa shape index (κ2) is 5.32. The van der Waals surface area contributed by atoms with Crippen molar-refractivity contribution in [3.05, 3.63) is 36.0 Å². The molecule has 9 heteroatoms. The lowest BCUT2D eigenvalue weighted by atomic mass is 9.89. The summed E-state index contributed by atoms with van der Waals surface area (Å²) in [6.45, 7) is 0. The van der Waals surface area contributed by atoms with Crippen LogP contribution in [0, 0.1) is 5.92 Å². The van der Waals surface area contributed by atoms with Crippen LogP contribution in [0.2, 0.25) is 0 Å². The fourth-order valence-electron chi connectivity index (χ4n) is 2.36. The quantitative estimate of drug-likeness (QED) is 0.888. The molecule has 0 spiro atoms. The molecule has 2 N–H and O–H groups in total. The third-order valence-electron chi connectivity index (χ3n) is 3.36. The van der Waals surface area contributed by atoms with Gasteiger partial charge < -0.3 is 10.1 Å². The highest BCUT2D eigenvalue weighted by Crippen LogP contribution is 2.38. The summed E-state index contributed by atoms with van der Waals surface area (Å²) in [5, 5.41) is 11.6. The molecule has 1 aliphatic heterocycles. The van der Waals surface area contributed by atoms with Gasteiger partial charge in [-0.15, -0.1) is 5.10 Å². The Hall–Kier alpha value is -2.58. The van der Waals surface area contributed by atoms with Crippen LogP contribution in [0.3, 0.4) is 0 Å². The van der Waals surface area contributed by atoms with E-state index in [9.17, 15) is 18.0 Å². The molecule has 1 aliphatic rings. The van der Waals surface area contributed by atoms with Crippen LogP contribution in [-0.2, 0) is 11.2 Å². The van der Waals surface area contributed by atoms with Crippen molar-refractivity contribution in [2.45, 2.75) is 18.7 Å². The lowest BCUT2D eigenvalue weighted by molar-refractivity contribution is -0.212. The third-order valence-corrected chi connectivity index (χ3v) is 3.36. The summed E-state index contributed by atoms with van der Waals surface area (Å²) in [7, 11) is 0. The van der Waals surface area contributed by atoms with E-state index >= 15 is 0 Å². The molecule has 3 rings (SSSR count). The van der Waals surface area contributed by atoms with Crippen LogP contribution in [-0.4, -0.2) is 33.6 Å². The van der Waals surface area contributed by atoms with Gasteiger partial charge in [-0.2, -0.15) is 23.5 Å². The standard InChI is InChI=1S/C13H11F3N4O2/c14-13(15,16)11-8(12(21)18-10-6-17-20-19-10)5-7-3-1-2-4-9(7)22-11/h1-4,6,8,11H,5H2,(H2,17,18,19,20,21)/t8-,11-/m1/s1. The number of benzene rings is 1. The number of carbonyl (C=O) groups is 1. The van der Waals surface area contributed by atoms with Crippen molar-refractivity contribution in [3.63, 3.8) is 0 Å². The predicted molar refractivity (Wildman–Crippen MR) is 69.1 cm³/mol. The normalized spacial score (nSPS) is 20.9. The summed E-state index contributed by atoms with van der Waals surface area (Å²) < 4.78 is 44.6. The maximum Gasteiger partial charge on any atom is 0.426 e. The molecule has 6 nitrogen and oxygen atoms in total. The van der Waals surface area contributed by atoms with Crippen LogP contribution in [0.4, 0.5) is 19.0 Å². The Labute approximate surface area is 122 Å². The van der Waals surface area contributed by atoms with Gasteiger partial charge >= 0.3 is 6.18 Å². The lowest BCUT2D eigenvalue weighted by Crippen LogP contribution is -2.49. The van der Waals surface area contributed by atoms with Gasteiger partial charge in [0.1, 0.15) is 5.75 Å². The first kappa shape index (κ1) is 14.4. The number of H-pyrrole nitrogens is 1. The summed E-state index contributed by atoms with van der Waals surface area (Å²) in [4.78, 5) is 12.2. The molecule has 22 heavy (non-hydrogen) atoms. The van der Waals surface area contributed by atoms with Crippen LogP contribution in [0.25, 0.3) is 0 Å². The van der Waals surface area contributed by atoms with E-state index in [2.05, 4.69) is 20.7 Å². The van der Waals surface area contributed by atoms with Crippen molar-refractivity contribution in [2.24, 2.45) is 5.92 Å². The van der Waals surface area contributed by atoms with Crippen LogP contribution in [0.15, 0.2) is 30.5 Å². The van der Waals surface area contributed by atoms with Crippen molar-refractivity contribution >= 4 is 11.7 Å². The van der Waals surface area contributed by atoms with E-state index in [4.69, 9.17) is 4.74 Å². The molecule has 0 bridgehead atoms. The summed E-state index contributed by atoms with van der Waals surface area (Å²) in [5.74, 6) is -2.00. The number of hydrogen-bond donors (Lipinski definition) is 2. The molecule has 116 valence electrons. The van der Waals surface area contributed by atoms with Crippen LogP contribution < -0.4 is 10.1 Å². The number of aromatic nitrogens is 3. The van der Waals surface area contributed by atoms with Gasteiger partial charge in [-0.3, -0.25) is 4.79 Å². The Kier molecular flexibility index (Phi) is 3.47. The molecule has 0 aliphatic carbocycles. The average Bonchev–Trinajstić information content (AvgIpc) is 2.98. The number of halogens is 3. The number of rotatable bonds is 2. The zero-order chi connectivity index (χ0) is 15.7. The van der Waals surface area contributed by atoms with E-state index in [0.717, 1.165) is 0 Å². The first-order valence-corrected chi connectivity index (χ1v) is 6.43. The van der Waals surface area contributed by atoms with Gasteiger partial charge in [-0.05, 0) is 18.1 Å². The molecule has 0 radical (unpaired) electrons. The predicted octanol–water partition coefficient (Wildman–Crippen LogP) is 1.93. The Morgan fingerprint density at radius 2 is 2.14 bits per heavy atom. The van der Waals surface area contributed by atoms with E-state index in [-0.39, 0.29) is 18.0 Å². The molecule has 2 aromatic rings. The first-order valence-electron chi connectivity index (χ1n) is 6.43. The summed E-state index contributed by atoms with van der Waals surface area (Å²) in [6, 6.07) is 6.36. The second-order valence-electron chi connectivity index (χ2n) is 4.84. The molecule has 2 atom stereocenters. The Balaban J connectivity index is 1.88. The molecule has 1 aromatic heterocycles. The smallest absolute Gasteiger partial charge is 0.426 e. The minimum Gasteiger partial charge on any atom is -0.480 e. The zero-order valence-electron chi connectivity index (χ0n) is 11.1. The van der Waals surface area contributed by atoms with Crippen molar-refractivity contribution in [1.82, 2.24) is 15.4 Å². The van der Waals surface area contributed by atoms with Crippen LogP contribution >= 0.6 is 0 Å². The monoisotopic (exact) mass is 312 g/mol. The molecular weight excluding hydrogens is 301 g/mol. The lowest BCUT2D eigenvalue weighted by Gasteiger charge is -2.33. The highest BCUT2D eigenvalue weighted by atomic mass is 19.4. The average molecular weight is 312 g/mol. The third kappa shape index (κ3) is 2.74. The van der Waals surface area contributed by atoms with E-state index < -0.39 is 24.1 Å². The van der Waals surface area contributed by atoms with Crippen molar-refractivity contribution in [1.29, 1.82) is 0 Å². The number of fused-ring (bicyclic) bond motifs is 1. The maximum atomic E-state index is 13.2. The number of anilines is 1. The van der Waals surface area contributed by atoms with Gasteiger partial charge in [-0.1, -0.05) is 18.2 Å². The number of nitrogens with one attached hydrogen (secondary N) is 2. The Bertz CT molecular complexity index is 672. The highest BCUT2D eigenvalue weighted by Gasteiger charge is 2.51. The molecule has 0 saturated carbocycles. The van der Waals surface area contributed by atoms with Gasteiger partial charge in [0, 0.05) is 0 Å². The summed E-state index contributed by atoms with van der Waals surface area (Å²) in [5.41, 5.74) is 0.559. The molecular formula is C13H11F3N4O2. The number of carbonyl (C=O) groups excluding carboxylic acids is 1. The SMILES string of the molecule is O=C(Nc1cn[nH]n1)[C@@H]1Cc2ccccc2O[C@H]1C(F)(F)F.